The van der Waals surface area contributed by atoms with Gasteiger partial charge in [-0.2, -0.15) is 5.10 Å². The van der Waals surface area contributed by atoms with Crippen LogP contribution in [0.25, 0.3) is 0 Å². The van der Waals surface area contributed by atoms with E-state index in [2.05, 4.69) is 31.8 Å². The summed E-state index contributed by atoms with van der Waals surface area (Å²) in [5.74, 6) is -0.201. The summed E-state index contributed by atoms with van der Waals surface area (Å²) in [6, 6.07) is 18.2. The number of benzene rings is 3. The minimum absolute atomic E-state index is 0.243. The Hall–Kier alpha value is -4.18. The van der Waals surface area contributed by atoms with E-state index in [4.69, 9.17) is 14.2 Å². The van der Waals surface area contributed by atoms with Crippen LogP contribution in [0.2, 0.25) is 0 Å². The van der Waals surface area contributed by atoms with Crippen molar-refractivity contribution in [2.45, 2.75) is 6.92 Å². The lowest BCUT2D eigenvalue weighted by Crippen LogP contribution is -2.34. The molecule has 0 aliphatic rings. The Morgan fingerprint density at radius 2 is 1.75 bits per heavy atom. The molecule has 2 amide bonds. The lowest BCUT2D eigenvalue weighted by molar-refractivity contribution is -0.120. The number of hydrogen-bond acceptors (Lipinski definition) is 7. The van der Waals surface area contributed by atoms with Gasteiger partial charge in [0.1, 0.15) is 5.75 Å². The molecule has 3 aromatic rings. The lowest BCUT2D eigenvalue weighted by Gasteiger charge is -2.11. The number of methoxy groups -OCH3 is 1. The SMILES string of the molecule is CCOc1cc(/C=N\NC(=O)CNC(=O)c2cccc(Br)c2)ccc1OC(=O)c1ccc(OC)cc1. The van der Waals surface area contributed by atoms with Crippen LogP contribution >= 0.6 is 15.9 Å². The maximum atomic E-state index is 12.5. The summed E-state index contributed by atoms with van der Waals surface area (Å²) in [6.07, 6.45) is 1.41. The zero-order valence-electron chi connectivity index (χ0n) is 19.6. The van der Waals surface area contributed by atoms with E-state index in [1.165, 1.54) is 6.21 Å². The normalized spacial score (nSPS) is 10.5. The molecule has 0 spiro atoms. The summed E-state index contributed by atoms with van der Waals surface area (Å²) in [7, 11) is 1.54. The van der Waals surface area contributed by atoms with Crippen molar-refractivity contribution >= 4 is 39.9 Å². The monoisotopic (exact) mass is 553 g/mol. The molecule has 10 heteroatoms. The Morgan fingerprint density at radius 1 is 0.972 bits per heavy atom. The molecule has 0 heterocycles. The van der Waals surface area contributed by atoms with E-state index in [0.29, 0.717) is 34.8 Å². The zero-order valence-corrected chi connectivity index (χ0v) is 21.2. The lowest BCUT2D eigenvalue weighted by atomic mass is 10.2. The molecule has 186 valence electrons. The van der Waals surface area contributed by atoms with Crippen LogP contribution in [0.15, 0.2) is 76.3 Å². The first-order valence-corrected chi connectivity index (χ1v) is 11.7. The highest BCUT2D eigenvalue weighted by atomic mass is 79.9. The van der Waals surface area contributed by atoms with Crippen molar-refractivity contribution in [2.75, 3.05) is 20.3 Å². The quantitative estimate of drug-likeness (QED) is 0.170. The fourth-order valence-electron chi connectivity index (χ4n) is 2.95. The van der Waals surface area contributed by atoms with Gasteiger partial charge in [0.25, 0.3) is 11.8 Å². The third-order valence-electron chi connectivity index (χ3n) is 4.70. The van der Waals surface area contributed by atoms with Gasteiger partial charge in [0.05, 0.1) is 32.0 Å². The summed E-state index contributed by atoms with van der Waals surface area (Å²) in [6.45, 7) is 1.91. The number of carbonyl (C=O) groups excluding carboxylic acids is 3. The molecule has 0 aromatic heterocycles. The predicted molar refractivity (Wildman–Crippen MR) is 138 cm³/mol. The summed E-state index contributed by atoms with van der Waals surface area (Å²) in [4.78, 5) is 36.6. The first-order chi connectivity index (χ1) is 17.4. The molecule has 0 saturated heterocycles. The second-order valence-electron chi connectivity index (χ2n) is 7.24. The van der Waals surface area contributed by atoms with Crippen molar-refractivity contribution in [3.05, 3.63) is 87.9 Å². The molecular weight excluding hydrogens is 530 g/mol. The molecular formula is C26H24BrN3O6. The maximum Gasteiger partial charge on any atom is 0.343 e. The Balaban J connectivity index is 1.57. The Labute approximate surface area is 216 Å². The molecule has 3 aromatic carbocycles. The molecule has 0 aliphatic carbocycles. The number of amides is 2. The van der Waals surface area contributed by atoms with E-state index in [9.17, 15) is 14.4 Å². The predicted octanol–water partition coefficient (Wildman–Crippen LogP) is 3.96. The topological polar surface area (TPSA) is 115 Å². The number of carbonyl (C=O) groups is 3. The maximum absolute atomic E-state index is 12.5. The van der Waals surface area contributed by atoms with E-state index < -0.39 is 11.9 Å². The first kappa shape index (κ1) is 26.4. The van der Waals surface area contributed by atoms with E-state index in [1.807, 2.05) is 0 Å². The Morgan fingerprint density at radius 3 is 2.44 bits per heavy atom. The van der Waals surface area contributed by atoms with Gasteiger partial charge in [-0.1, -0.05) is 22.0 Å². The fraction of sp³-hybridized carbons (Fsp3) is 0.154. The molecule has 0 bridgehead atoms. The first-order valence-electron chi connectivity index (χ1n) is 10.9. The van der Waals surface area contributed by atoms with E-state index in [0.717, 1.165) is 4.47 Å². The Kier molecular flexibility index (Phi) is 9.58. The van der Waals surface area contributed by atoms with E-state index in [-0.39, 0.29) is 18.2 Å². The number of halogens is 1. The molecule has 0 saturated carbocycles. The van der Waals surface area contributed by atoms with Gasteiger partial charge in [-0.15, -0.1) is 0 Å². The van der Waals surface area contributed by atoms with Crippen LogP contribution in [0.4, 0.5) is 0 Å². The molecule has 0 fully saturated rings. The number of hydrazone groups is 1. The molecule has 0 unspecified atom stereocenters. The van der Waals surface area contributed by atoms with Crippen molar-refractivity contribution in [2.24, 2.45) is 5.10 Å². The van der Waals surface area contributed by atoms with Crippen molar-refractivity contribution in [3.8, 4) is 17.2 Å². The summed E-state index contributed by atoms with van der Waals surface area (Å²) in [5, 5.41) is 6.43. The largest absolute Gasteiger partial charge is 0.497 e. The number of nitrogens with zero attached hydrogens (tertiary/aromatic N) is 1. The van der Waals surface area contributed by atoms with Crippen LogP contribution in [0.5, 0.6) is 17.2 Å². The van der Waals surface area contributed by atoms with Gasteiger partial charge >= 0.3 is 5.97 Å². The molecule has 0 radical (unpaired) electrons. The van der Waals surface area contributed by atoms with E-state index in [1.54, 1.807) is 80.8 Å². The Bertz CT molecular complexity index is 1260. The van der Waals surface area contributed by atoms with Gasteiger partial charge in [0.2, 0.25) is 0 Å². The highest BCUT2D eigenvalue weighted by molar-refractivity contribution is 9.10. The number of hydrogen-bond donors (Lipinski definition) is 2. The summed E-state index contributed by atoms with van der Waals surface area (Å²) < 4.78 is 16.9. The molecule has 0 atom stereocenters. The van der Waals surface area contributed by atoms with E-state index >= 15 is 0 Å². The second kappa shape index (κ2) is 13.1. The molecule has 36 heavy (non-hydrogen) atoms. The van der Waals surface area contributed by atoms with Crippen molar-refractivity contribution in [3.63, 3.8) is 0 Å². The number of esters is 1. The van der Waals surface area contributed by atoms with Crippen molar-refractivity contribution in [1.29, 1.82) is 0 Å². The van der Waals surface area contributed by atoms with Crippen LogP contribution in [0.3, 0.4) is 0 Å². The van der Waals surface area contributed by atoms with Gasteiger partial charge in [-0.05, 0) is 73.2 Å². The number of rotatable bonds is 10. The molecule has 3 rings (SSSR count). The zero-order chi connectivity index (χ0) is 25.9. The summed E-state index contributed by atoms with van der Waals surface area (Å²) in [5.41, 5.74) is 3.73. The smallest absolute Gasteiger partial charge is 0.343 e. The van der Waals surface area contributed by atoms with Crippen LogP contribution in [-0.4, -0.2) is 44.3 Å². The number of nitrogens with one attached hydrogen (secondary N) is 2. The summed E-state index contributed by atoms with van der Waals surface area (Å²) >= 11 is 3.30. The van der Waals surface area contributed by atoms with Crippen LogP contribution in [0.1, 0.15) is 33.2 Å². The number of ether oxygens (including phenoxy) is 3. The van der Waals surface area contributed by atoms with Crippen LogP contribution < -0.4 is 25.0 Å². The second-order valence-corrected chi connectivity index (χ2v) is 8.16. The van der Waals surface area contributed by atoms with Gasteiger partial charge in [0.15, 0.2) is 11.5 Å². The highest BCUT2D eigenvalue weighted by Gasteiger charge is 2.14. The average molecular weight is 554 g/mol. The fourth-order valence-corrected chi connectivity index (χ4v) is 3.35. The third kappa shape index (κ3) is 7.67. The van der Waals surface area contributed by atoms with Crippen LogP contribution in [0, 0.1) is 0 Å². The van der Waals surface area contributed by atoms with Crippen molar-refractivity contribution < 1.29 is 28.6 Å². The van der Waals surface area contributed by atoms with Crippen molar-refractivity contribution in [1.82, 2.24) is 10.7 Å². The third-order valence-corrected chi connectivity index (χ3v) is 5.19. The van der Waals surface area contributed by atoms with Gasteiger partial charge in [-0.25, -0.2) is 10.2 Å². The van der Waals surface area contributed by atoms with Gasteiger partial charge < -0.3 is 19.5 Å². The standard InChI is InChI=1S/C26H24BrN3O6/c1-3-35-23-13-17(7-12-22(23)36-26(33)18-8-10-21(34-2)11-9-18)15-29-30-24(31)16-28-25(32)19-5-4-6-20(27)14-19/h4-15H,3,16H2,1-2H3,(H,28,32)(H,30,31)/b29-15-. The average Bonchev–Trinajstić information content (AvgIpc) is 2.88. The molecule has 9 nitrogen and oxygen atoms in total. The molecule has 2 N–H and O–H groups in total. The molecule has 0 aliphatic heterocycles. The highest BCUT2D eigenvalue weighted by Crippen LogP contribution is 2.29. The van der Waals surface area contributed by atoms with Crippen LogP contribution in [-0.2, 0) is 4.79 Å². The van der Waals surface area contributed by atoms with Gasteiger partial charge in [-0.3, -0.25) is 9.59 Å². The minimum atomic E-state index is -0.544. The minimum Gasteiger partial charge on any atom is -0.497 e. The van der Waals surface area contributed by atoms with Gasteiger partial charge in [0, 0.05) is 10.0 Å².